The van der Waals surface area contributed by atoms with Crippen molar-refractivity contribution in [3.8, 4) is 0 Å². The number of benzene rings is 3. The molecule has 0 nitrogen and oxygen atoms in total. The number of hydrogen-bond donors (Lipinski definition) is 0. The number of hydrogen-bond acceptors (Lipinski definition) is 0. The molecule has 3 aromatic carbocycles. The summed E-state index contributed by atoms with van der Waals surface area (Å²) >= 11 is 0. The number of rotatable bonds is 15. The molecule has 0 N–H and O–H groups in total. The van der Waals surface area contributed by atoms with Crippen LogP contribution in [0, 0.1) is 0 Å². The van der Waals surface area contributed by atoms with Gasteiger partial charge in [-0.3, -0.25) is 0 Å². The van der Waals surface area contributed by atoms with Gasteiger partial charge in [-0.05, 0) is 74.9 Å². The first-order valence-corrected chi connectivity index (χ1v) is 15.1. The lowest BCUT2D eigenvalue weighted by molar-refractivity contribution is -0.00000669. The van der Waals surface area contributed by atoms with E-state index in [1.165, 1.54) is 86.3 Å². The summed E-state index contributed by atoms with van der Waals surface area (Å²) in [4.78, 5) is 0. The van der Waals surface area contributed by atoms with Crippen molar-refractivity contribution in [3.05, 3.63) is 103 Å². The Bertz CT molecular complexity index is 809. The summed E-state index contributed by atoms with van der Waals surface area (Å²) in [7, 11) is -1.65. The van der Waals surface area contributed by atoms with E-state index in [-0.39, 0.29) is 17.0 Å². The summed E-state index contributed by atoms with van der Waals surface area (Å²) in [5.74, 6) is 0. The minimum Gasteiger partial charge on any atom is -1.00 e. The molecule has 0 aliphatic rings. The van der Waals surface area contributed by atoms with E-state index in [1.54, 1.807) is 0 Å². The molecule has 0 spiro atoms. The third-order valence-corrected chi connectivity index (χ3v) is 11.1. The fourth-order valence-corrected chi connectivity index (χ4v) is 9.18. The zero-order valence-electron chi connectivity index (χ0n) is 20.9. The topological polar surface area (TPSA) is 0 Å². The van der Waals surface area contributed by atoms with Gasteiger partial charge in [-0.1, -0.05) is 99.4 Å². The minimum absolute atomic E-state index is 0. The SMILES string of the molecule is CCCCCC/C=C\CCCCCC[P+](c1ccccc1)(c1ccccc1)c1ccccc1.[Br-]. The maximum Gasteiger partial charge on any atom is 0.112 e. The standard InChI is InChI=1S/C32H42P.BrH/c1-2-3-4-5-6-7-8-9-10-11-12-22-29-33(30-23-16-13-17-24-30,31-25-18-14-19-26-31)32-27-20-15-21-28-32;/h7-8,13-21,23-28H,2-6,9-12,22,29H2,1H3;1H/q+1;/p-1/b8-7-;. The Morgan fingerprint density at radius 2 is 0.882 bits per heavy atom. The van der Waals surface area contributed by atoms with Crippen molar-refractivity contribution in [2.75, 3.05) is 6.16 Å². The van der Waals surface area contributed by atoms with E-state index in [4.69, 9.17) is 0 Å². The van der Waals surface area contributed by atoms with Crippen molar-refractivity contribution in [2.24, 2.45) is 0 Å². The molecule has 0 unspecified atom stereocenters. The van der Waals surface area contributed by atoms with Crippen LogP contribution in [0.5, 0.6) is 0 Å². The average molecular weight is 538 g/mol. The van der Waals surface area contributed by atoms with E-state index in [9.17, 15) is 0 Å². The van der Waals surface area contributed by atoms with Crippen LogP contribution in [-0.4, -0.2) is 6.16 Å². The number of halogens is 1. The van der Waals surface area contributed by atoms with Crippen LogP contribution in [-0.2, 0) is 0 Å². The number of unbranched alkanes of at least 4 members (excludes halogenated alkanes) is 8. The van der Waals surface area contributed by atoms with Crippen molar-refractivity contribution >= 4 is 23.2 Å². The molecule has 0 amide bonds. The zero-order chi connectivity index (χ0) is 23.0. The number of allylic oxidation sites excluding steroid dienone is 2. The van der Waals surface area contributed by atoms with Gasteiger partial charge in [-0.2, -0.15) is 0 Å². The Kier molecular flexibility index (Phi) is 14.2. The Hall–Kier alpha value is -1.69. The molecule has 0 radical (unpaired) electrons. The predicted octanol–water partition coefficient (Wildman–Crippen LogP) is 5.46. The van der Waals surface area contributed by atoms with Gasteiger partial charge in [0.2, 0.25) is 0 Å². The molecule has 0 fully saturated rings. The smallest absolute Gasteiger partial charge is 0.112 e. The van der Waals surface area contributed by atoms with Gasteiger partial charge in [-0.15, -0.1) is 0 Å². The summed E-state index contributed by atoms with van der Waals surface area (Å²) in [6.07, 6.45) is 19.3. The van der Waals surface area contributed by atoms with Gasteiger partial charge in [0.05, 0.1) is 6.16 Å². The van der Waals surface area contributed by atoms with E-state index in [2.05, 4.69) is 110 Å². The lowest BCUT2D eigenvalue weighted by Crippen LogP contribution is -3.00. The molecule has 0 saturated heterocycles. The highest BCUT2D eigenvalue weighted by atomic mass is 79.9. The summed E-state index contributed by atoms with van der Waals surface area (Å²) < 4.78 is 0. The summed E-state index contributed by atoms with van der Waals surface area (Å²) in [5.41, 5.74) is 0. The lowest BCUT2D eigenvalue weighted by Gasteiger charge is -2.27. The molecule has 182 valence electrons. The van der Waals surface area contributed by atoms with Gasteiger partial charge in [0.1, 0.15) is 23.2 Å². The van der Waals surface area contributed by atoms with Crippen LogP contribution in [0.3, 0.4) is 0 Å². The molecule has 2 heteroatoms. The van der Waals surface area contributed by atoms with Gasteiger partial charge in [-0.25, -0.2) is 0 Å². The first kappa shape index (κ1) is 28.5. The van der Waals surface area contributed by atoms with Gasteiger partial charge >= 0.3 is 0 Å². The highest BCUT2D eigenvalue weighted by molar-refractivity contribution is 7.95. The maximum absolute atomic E-state index is 2.42. The van der Waals surface area contributed by atoms with Gasteiger partial charge in [0.25, 0.3) is 0 Å². The molecule has 0 aromatic heterocycles. The van der Waals surface area contributed by atoms with E-state index in [1.807, 2.05) is 0 Å². The van der Waals surface area contributed by atoms with Crippen LogP contribution in [0.1, 0.15) is 71.1 Å². The fraction of sp³-hybridized carbons (Fsp3) is 0.375. The monoisotopic (exact) mass is 536 g/mol. The van der Waals surface area contributed by atoms with Gasteiger partial charge in [0, 0.05) is 0 Å². The third-order valence-electron chi connectivity index (χ3n) is 6.60. The largest absolute Gasteiger partial charge is 1.00 e. The zero-order valence-corrected chi connectivity index (χ0v) is 23.4. The molecule has 0 atom stereocenters. The highest BCUT2D eigenvalue weighted by Gasteiger charge is 2.44. The van der Waals surface area contributed by atoms with E-state index < -0.39 is 7.26 Å². The van der Waals surface area contributed by atoms with Crippen LogP contribution in [0.4, 0.5) is 0 Å². The lowest BCUT2D eigenvalue weighted by atomic mass is 10.1. The molecule has 0 aliphatic carbocycles. The summed E-state index contributed by atoms with van der Waals surface area (Å²) in [5, 5.41) is 4.52. The average Bonchev–Trinajstić information content (AvgIpc) is 2.89. The maximum atomic E-state index is 2.42. The summed E-state index contributed by atoms with van der Waals surface area (Å²) in [6, 6.07) is 33.9. The third kappa shape index (κ3) is 8.51. The fourth-order valence-electron chi connectivity index (χ4n) is 4.77. The molecule has 3 rings (SSSR count). The van der Waals surface area contributed by atoms with Crippen molar-refractivity contribution < 1.29 is 17.0 Å². The van der Waals surface area contributed by atoms with Crippen molar-refractivity contribution in [1.82, 2.24) is 0 Å². The Morgan fingerprint density at radius 1 is 0.500 bits per heavy atom. The second-order valence-corrected chi connectivity index (χ2v) is 12.7. The predicted molar refractivity (Wildman–Crippen MR) is 151 cm³/mol. The molecule has 0 aliphatic heterocycles. The molecular formula is C32H42BrP. The van der Waals surface area contributed by atoms with Gasteiger partial charge in [0.15, 0.2) is 0 Å². The first-order valence-electron chi connectivity index (χ1n) is 13.1. The molecule has 0 saturated carbocycles. The molecular weight excluding hydrogens is 495 g/mol. The highest BCUT2D eigenvalue weighted by Crippen LogP contribution is 2.55. The van der Waals surface area contributed by atoms with Crippen LogP contribution >= 0.6 is 7.26 Å². The second-order valence-electron chi connectivity index (χ2n) is 9.06. The Morgan fingerprint density at radius 3 is 1.29 bits per heavy atom. The minimum atomic E-state index is -1.65. The molecule has 3 aromatic rings. The van der Waals surface area contributed by atoms with Crippen LogP contribution < -0.4 is 32.9 Å². The quantitative estimate of drug-likeness (QED) is 0.137. The first-order chi connectivity index (χ1) is 16.4. The molecule has 0 bridgehead atoms. The van der Waals surface area contributed by atoms with Crippen LogP contribution in [0.2, 0.25) is 0 Å². The van der Waals surface area contributed by atoms with E-state index in [0.717, 1.165) is 0 Å². The van der Waals surface area contributed by atoms with E-state index >= 15 is 0 Å². The molecule has 34 heavy (non-hydrogen) atoms. The van der Waals surface area contributed by atoms with E-state index in [0.29, 0.717) is 0 Å². The van der Waals surface area contributed by atoms with Crippen LogP contribution in [0.15, 0.2) is 103 Å². The Balaban J connectivity index is 0.00000408. The normalized spacial score (nSPS) is 11.4. The van der Waals surface area contributed by atoms with Gasteiger partial charge < -0.3 is 17.0 Å². The second kappa shape index (κ2) is 16.9. The molecule has 0 heterocycles. The van der Waals surface area contributed by atoms with Crippen molar-refractivity contribution in [3.63, 3.8) is 0 Å². The van der Waals surface area contributed by atoms with Crippen molar-refractivity contribution in [2.45, 2.75) is 71.1 Å². The van der Waals surface area contributed by atoms with Crippen molar-refractivity contribution in [1.29, 1.82) is 0 Å². The summed E-state index contributed by atoms with van der Waals surface area (Å²) in [6.45, 7) is 2.28. The Labute approximate surface area is 220 Å². The van der Waals surface area contributed by atoms with Crippen LogP contribution in [0.25, 0.3) is 0 Å².